The van der Waals surface area contributed by atoms with Crippen LogP contribution >= 0.6 is 11.3 Å². The van der Waals surface area contributed by atoms with Gasteiger partial charge in [0.05, 0.1) is 0 Å². The van der Waals surface area contributed by atoms with Gasteiger partial charge in [-0.05, 0) is 36.9 Å². The molecular formula is C15H25NS. The van der Waals surface area contributed by atoms with E-state index in [1.807, 2.05) is 11.3 Å². The van der Waals surface area contributed by atoms with Crippen molar-refractivity contribution in [2.45, 2.75) is 57.9 Å². The molecule has 0 aliphatic heterocycles. The molecule has 1 aliphatic rings. The first kappa shape index (κ1) is 13.1. The number of nitrogens with one attached hydrogen (secondary N) is 1. The van der Waals surface area contributed by atoms with Crippen molar-refractivity contribution in [2.75, 3.05) is 7.05 Å². The van der Waals surface area contributed by atoms with Gasteiger partial charge >= 0.3 is 0 Å². The lowest BCUT2D eigenvalue weighted by Crippen LogP contribution is -2.22. The highest BCUT2D eigenvalue weighted by molar-refractivity contribution is 7.12. The Morgan fingerprint density at radius 2 is 2.06 bits per heavy atom. The Kier molecular flexibility index (Phi) is 3.94. The van der Waals surface area contributed by atoms with Gasteiger partial charge in [-0.1, -0.05) is 40.0 Å². The zero-order chi connectivity index (χ0) is 12.5. The van der Waals surface area contributed by atoms with E-state index in [0.29, 0.717) is 6.04 Å². The summed E-state index contributed by atoms with van der Waals surface area (Å²) in [4.78, 5) is 3.02. The van der Waals surface area contributed by atoms with Gasteiger partial charge in [-0.3, -0.25) is 0 Å². The highest BCUT2D eigenvalue weighted by Crippen LogP contribution is 2.38. The van der Waals surface area contributed by atoms with Gasteiger partial charge in [0.15, 0.2) is 0 Å². The average molecular weight is 251 g/mol. The van der Waals surface area contributed by atoms with Crippen molar-refractivity contribution in [2.24, 2.45) is 5.92 Å². The lowest BCUT2D eigenvalue weighted by Gasteiger charge is -2.29. The van der Waals surface area contributed by atoms with Gasteiger partial charge in [0.2, 0.25) is 0 Å². The maximum atomic E-state index is 3.49. The molecule has 0 spiro atoms. The normalized spacial score (nSPS) is 19.1. The van der Waals surface area contributed by atoms with Gasteiger partial charge < -0.3 is 5.32 Å². The molecule has 96 valence electrons. The van der Waals surface area contributed by atoms with E-state index < -0.39 is 0 Å². The lowest BCUT2D eigenvalue weighted by molar-refractivity contribution is 0.267. The molecule has 1 saturated carbocycles. The zero-order valence-electron chi connectivity index (χ0n) is 11.5. The van der Waals surface area contributed by atoms with Crippen molar-refractivity contribution in [1.29, 1.82) is 0 Å². The fraction of sp³-hybridized carbons (Fsp3) is 0.733. The third-order valence-corrected chi connectivity index (χ3v) is 5.48. The molecule has 0 bridgehead atoms. The second kappa shape index (κ2) is 5.11. The monoisotopic (exact) mass is 251 g/mol. The summed E-state index contributed by atoms with van der Waals surface area (Å²) in [5, 5.41) is 3.49. The lowest BCUT2D eigenvalue weighted by atomic mass is 9.80. The summed E-state index contributed by atoms with van der Waals surface area (Å²) < 4.78 is 0. The molecule has 1 nitrogen and oxygen atoms in total. The summed E-state index contributed by atoms with van der Waals surface area (Å²) in [6, 6.07) is 5.21. The molecule has 1 aliphatic carbocycles. The predicted molar refractivity (Wildman–Crippen MR) is 76.8 cm³/mol. The van der Waals surface area contributed by atoms with Gasteiger partial charge in [-0.25, -0.2) is 0 Å². The molecule has 1 aromatic heterocycles. The molecule has 1 N–H and O–H groups in total. The highest BCUT2D eigenvalue weighted by Gasteiger charge is 2.24. The molecule has 1 heterocycles. The van der Waals surface area contributed by atoms with Gasteiger partial charge in [0.1, 0.15) is 0 Å². The van der Waals surface area contributed by atoms with Crippen LogP contribution in [0, 0.1) is 5.92 Å². The molecule has 2 heteroatoms. The SMILES string of the molecule is CNC(CC1CCC1)c1ccc(C(C)(C)C)s1. The van der Waals surface area contributed by atoms with Crippen LogP contribution < -0.4 is 5.32 Å². The van der Waals surface area contributed by atoms with Gasteiger partial charge in [0, 0.05) is 15.8 Å². The van der Waals surface area contributed by atoms with Crippen LogP contribution in [0.5, 0.6) is 0 Å². The Labute approximate surface area is 110 Å². The predicted octanol–water partition coefficient (Wildman–Crippen LogP) is 4.50. The fourth-order valence-electron chi connectivity index (χ4n) is 2.38. The molecule has 0 saturated heterocycles. The Morgan fingerprint density at radius 3 is 2.47 bits per heavy atom. The molecule has 1 aromatic rings. The molecule has 1 atom stereocenters. The van der Waals surface area contributed by atoms with Gasteiger partial charge in [-0.15, -0.1) is 11.3 Å². The number of hydrogen-bond acceptors (Lipinski definition) is 2. The minimum absolute atomic E-state index is 0.289. The second-order valence-corrected chi connectivity index (χ2v) is 7.44. The molecular weight excluding hydrogens is 226 g/mol. The number of hydrogen-bond donors (Lipinski definition) is 1. The van der Waals surface area contributed by atoms with E-state index in [9.17, 15) is 0 Å². The van der Waals surface area contributed by atoms with E-state index in [0.717, 1.165) is 5.92 Å². The van der Waals surface area contributed by atoms with Crippen LogP contribution in [0.2, 0.25) is 0 Å². The summed E-state index contributed by atoms with van der Waals surface area (Å²) in [5.74, 6) is 0.965. The van der Waals surface area contributed by atoms with Crippen molar-refractivity contribution < 1.29 is 0 Å². The third kappa shape index (κ3) is 3.11. The maximum Gasteiger partial charge on any atom is 0.0415 e. The van der Waals surface area contributed by atoms with E-state index in [4.69, 9.17) is 0 Å². The van der Waals surface area contributed by atoms with Gasteiger partial charge in [0.25, 0.3) is 0 Å². The maximum absolute atomic E-state index is 3.49. The Bertz CT molecular complexity index is 357. The van der Waals surface area contributed by atoms with Crippen LogP contribution in [0.3, 0.4) is 0 Å². The van der Waals surface area contributed by atoms with Crippen molar-refractivity contribution in [3.63, 3.8) is 0 Å². The molecule has 0 radical (unpaired) electrons. The average Bonchev–Trinajstić information content (AvgIpc) is 2.64. The Morgan fingerprint density at radius 1 is 1.35 bits per heavy atom. The van der Waals surface area contributed by atoms with Crippen molar-refractivity contribution in [3.8, 4) is 0 Å². The molecule has 0 aromatic carbocycles. The van der Waals surface area contributed by atoms with E-state index >= 15 is 0 Å². The van der Waals surface area contributed by atoms with E-state index in [2.05, 4.69) is 45.3 Å². The molecule has 1 unspecified atom stereocenters. The smallest absolute Gasteiger partial charge is 0.0415 e. The van der Waals surface area contributed by atoms with Crippen LogP contribution in [0.25, 0.3) is 0 Å². The van der Waals surface area contributed by atoms with E-state index in [1.165, 1.54) is 35.4 Å². The van der Waals surface area contributed by atoms with Crippen LogP contribution in [-0.2, 0) is 5.41 Å². The summed E-state index contributed by atoms with van der Waals surface area (Å²) in [6.45, 7) is 6.88. The standard InChI is InChI=1S/C15H25NS/c1-15(2,3)14-9-8-13(17-14)12(16-4)10-11-6-5-7-11/h8-9,11-12,16H,5-7,10H2,1-4H3. The van der Waals surface area contributed by atoms with Crippen molar-refractivity contribution in [1.82, 2.24) is 5.32 Å². The first-order valence-electron chi connectivity index (χ1n) is 6.78. The first-order valence-corrected chi connectivity index (χ1v) is 7.60. The topological polar surface area (TPSA) is 12.0 Å². The summed E-state index contributed by atoms with van der Waals surface area (Å²) >= 11 is 1.99. The van der Waals surface area contributed by atoms with Crippen molar-refractivity contribution in [3.05, 3.63) is 21.9 Å². The first-order chi connectivity index (χ1) is 8.00. The van der Waals surface area contributed by atoms with E-state index in [-0.39, 0.29) is 5.41 Å². The second-order valence-electron chi connectivity index (χ2n) is 6.33. The van der Waals surface area contributed by atoms with Crippen LogP contribution in [0.4, 0.5) is 0 Å². The number of thiophene rings is 1. The van der Waals surface area contributed by atoms with Crippen LogP contribution in [0.1, 0.15) is 62.3 Å². The Balaban J connectivity index is 2.05. The Hall–Kier alpha value is -0.340. The van der Waals surface area contributed by atoms with Crippen LogP contribution in [0.15, 0.2) is 12.1 Å². The van der Waals surface area contributed by atoms with Gasteiger partial charge in [-0.2, -0.15) is 0 Å². The van der Waals surface area contributed by atoms with Crippen LogP contribution in [-0.4, -0.2) is 7.05 Å². The summed E-state index contributed by atoms with van der Waals surface area (Å²) in [5.41, 5.74) is 0.289. The largest absolute Gasteiger partial charge is 0.312 e. The summed E-state index contributed by atoms with van der Waals surface area (Å²) in [6.07, 6.45) is 5.64. The minimum atomic E-state index is 0.289. The third-order valence-electron chi connectivity index (χ3n) is 3.85. The number of rotatable bonds is 4. The molecule has 2 rings (SSSR count). The minimum Gasteiger partial charge on any atom is -0.312 e. The fourth-order valence-corrected chi connectivity index (χ4v) is 3.57. The molecule has 1 fully saturated rings. The van der Waals surface area contributed by atoms with E-state index in [1.54, 1.807) is 0 Å². The zero-order valence-corrected chi connectivity index (χ0v) is 12.4. The quantitative estimate of drug-likeness (QED) is 0.831. The highest BCUT2D eigenvalue weighted by atomic mass is 32.1. The molecule has 17 heavy (non-hydrogen) atoms. The van der Waals surface area contributed by atoms with Crippen molar-refractivity contribution >= 4 is 11.3 Å². The summed E-state index contributed by atoms with van der Waals surface area (Å²) in [7, 11) is 2.10. The molecule has 0 amide bonds.